The van der Waals surface area contributed by atoms with Gasteiger partial charge in [-0.15, -0.1) is 0 Å². The van der Waals surface area contributed by atoms with Gasteiger partial charge in [0, 0.05) is 36.3 Å². The zero-order valence-electron chi connectivity index (χ0n) is 11.8. The van der Waals surface area contributed by atoms with Crippen LogP contribution in [0.5, 0.6) is 0 Å². The largest absolute Gasteiger partial charge is 0.290 e. The molecular formula is C16H23N3. The molecule has 0 N–H and O–H groups in total. The molecule has 3 heteroatoms. The molecule has 2 atom stereocenters. The minimum absolute atomic E-state index is 0.619. The maximum Gasteiger partial charge on any atom is 0.115 e. The molecule has 1 aromatic heterocycles. The van der Waals surface area contributed by atoms with Crippen LogP contribution in [-0.4, -0.2) is 27.0 Å². The second kappa shape index (κ2) is 4.55. The topological polar surface area (TPSA) is 29.0 Å². The molecule has 102 valence electrons. The van der Waals surface area contributed by atoms with E-state index in [1.807, 2.05) is 0 Å². The van der Waals surface area contributed by atoms with E-state index < -0.39 is 0 Å². The molecule has 1 saturated carbocycles. The Labute approximate surface area is 115 Å². The quantitative estimate of drug-likeness (QED) is 0.774. The van der Waals surface area contributed by atoms with Crippen LogP contribution in [0.3, 0.4) is 0 Å². The molecule has 2 bridgehead atoms. The Morgan fingerprint density at radius 2 is 1.84 bits per heavy atom. The molecule has 0 spiro atoms. The van der Waals surface area contributed by atoms with Gasteiger partial charge in [-0.25, -0.2) is 9.97 Å². The van der Waals surface area contributed by atoms with Crippen LogP contribution >= 0.6 is 0 Å². The van der Waals surface area contributed by atoms with Gasteiger partial charge in [-0.2, -0.15) is 0 Å². The van der Waals surface area contributed by atoms with Crippen LogP contribution in [0.2, 0.25) is 0 Å². The summed E-state index contributed by atoms with van der Waals surface area (Å²) in [5, 5.41) is 0. The fraction of sp³-hybridized carbons (Fsp3) is 0.750. The zero-order chi connectivity index (χ0) is 12.8. The van der Waals surface area contributed by atoms with Crippen molar-refractivity contribution < 1.29 is 0 Å². The summed E-state index contributed by atoms with van der Waals surface area (Å²) in [4.78, 5) is 11.6. The number of nitrogens with zero attached hydrogens (tertiary/aromatic N) is 3. The highest BCUT2D eigenvalue weighted by atomic mass is 15.3. The molecule has 3 nitrogen and oxygen atoms in total. The van der Waals surface area contributed by atoms with E-state index in [1.54, 1.807) is 6.33 Å². The molecule has 1 aliphatic carbocycles. The van der Waals surface area contributed by atoms with Crippen LogP contribution in [0.15, 0.2) is 12.5 Å². The van der Waals surface area contributed by atoms with Gasteiger partial charge in [0.05, 0.1) is 5.69 Å². The molecule has 0 amide bonds. The van der Waals surface area contributed by atoms with Gasteiger partial charge in [-0.05, 0) is 44.4 Å². The van der Waals surface area contributed by atoms with Crippen molar-refractivity contribution in [3.05, 3.63) is 23.8 Å². The lowest BCUT2D eigenvalue weighted by atomic mass is 9.84. The number of hydrogen-bond acceptors (Lipinski definition) is 3. The third kappa shape index (κ3) is 1.90. The van der Waals surface area contributed by atoms with Crippen LogP contribution < -0.4 is 0 Å². The first kappa shape index (κ1) is 11.8. The highest BCUT2D eigenvalue weighted by Crippen LogP contribution is 2.46. The summed E-state index contributed by atoms with van der Waals surface area (Å²) in [6, 6.07) is 2.20. The van der Waals surface area contributed by atoms with Crippen LogP contribution in [0.25, 0.3) is 0 Å². The van der Waals surface area contributed by atoms with Crippen molar-refractivity contribution in [2.24, 2.45) is 5.92 Å². The second-order valence-electron chi connectivity index (χ2n) is 6.74. The maximum absolute atomic E-state index is 4.51. The van der Waals surface area contributed by atoms with Gasteiger partial charge >= 0.3 is 0 Å². The minimum atomic E-state index is 0.619. The summed E-state index contributed by atoms with van der Waals surface area (Å²) in [7, 11) is 0. The molecule has 0 radical (unpaired) electrons. The SMILES string of the molecule is CC1CCC(N2C3CCC2c2cncnc2C3)CC1. The van der Waals surface area contributed by atoms with Gasteiger partial charge in [0.25, 0.3) is 0 Å². The van der Waals surface area contributed by atoms with Crippen molar-refractivity contribution in [3.63, 3.8) is 0 Å². The van der Waals surface area contributed by atoms with Crippen LogP contribution in [-0.2, 0) is 6.42 Å². The lowest BCUT2D eigenvalue weighted by Gasteiger charge is -2.43. The van der Waals surface area contributed by atoms with Gasteiger partial charge in [-0.3, -0.25) is 4.90 Å². The normalized spacial score (nSPS) is 38.2. The Kier molecular flexibility index (Phi) is 2.83. The second-order valence-corrected chi connectivity index (χ2v) is 6.74. The monoisotopic (exact) mass is 257 g/mol. The first-order valence-corrected chi connectivity index (χ1v) is 7.89. The number of hydrogen-bond donors (Lipinski definition) is 0. The standard InChI is InChI=1S/C16H23N3/c1-11-2-4-12(5-3-11)19-13-6-7-16(19)14-9-17-10-18-15(14)8-13/h9-13,16H,2-8H2,1H3. The summed E-state index contributed by atoms with van der Waals surface area (Å²) in [6.45, 7) is 2.41. The summed E-state index contributed by atoms with van der Waals surface area (Å²) < 4.78 is 0. The maximum atomic E-state index is 4.51. The minimum Gasteiger partial charge on any atom is -0.290 e. The molecule has 1 saturated heterocycles. The molecule has 1 aromatic rings. The van der Waals surface area contributed by atoms with Crippen molar-refractivity contribution in [1.29, 1.82) is 0 Å². The van der Waals surface area contributed by atoms with E-state index in [9.17, 15) is 0 Å². The smallest absolute Gasteiger partial charge is 0.115 e. The molecule has 2 unspecified atom stereocenters. The van der Waals surface area contributed by atoms with Gasteiger partial charge < -0.3 is 0 Å². The Balaban J connectivity index is 1.62. The van der Waals surface area contributed by atoms with E-state index >= 15 is 0 Å². The Hall–Kier alpha value is -0.960. The van der Waals surface area contributed by atoms with Crippen LogP contribution in [0.4, 0.5) is 0 Å². The van der Waals surface area contributed by atoms with Gasteiger partial charge in [0.15, 0.2) is 0 Å². The summed E-state index contributed by atoms with van der Waals surface area (Å²) in [6.07, 6.45) is 13.2. The van der Waals surface area contributed by atoms with Gasteiger partial charge in [0.2, 0.25) is 0 Å². The van der Waals surface area contributed by atoms with E-state index in [2.05, 4.69) is 28.0 Å². The molecule has 3 heterocycles. The van der Waals surface area contributed by atoms with E-state index in [4.69, 9.17) is 0 Å². The van der Waals surface area contributed by atoms with Crippen molar-refractivity contribution in [2.45, 2.75) is 70.0 Å². The average molecular weight is 257 g/mol. The van der Waals surface area contributed by atoms with E-state index in [-0.39, 0.29) is 0 Å². The summed E-state index contributed by atoms with van der Waals surface area (Å²) in [5.41, 5.74) is 2.75. The third-order valence-corrected chi connectivity index (χ3v) is 5.58. The fourth-order valence-electron chi connectivity index (χ4n) is 4.56. The Morgan fingerprint density at radius 3 is 2.68 bits per heavy atom. The molecule has 19 heavy (non-hydrogen) atoms. The summed E-state index contributed by atoms with van der Waals surface area (Å²) in [5.74, 6) is 0.939. The first-order valence-electron chi connectivity index (χ1n) is 7.89. The predicted octanol–water partition coefficient (Wildman–Crippen LogP) is 3.12. The summed E-state index contributed by atoms with van der Waals surface area (Å²) >= 11 is 0. The lowest BCUT2D eigenvalue weighted by Crippen LogP contribution is -2.46. The molecular weight excluding hydrogens is 234 g/mol. The molecule has 2 aliphatic heterocycles. The van der Waals surface area contributed by atoms with Crippen molar-refractivity contribution in [1.82, 2.24) is 14.9 Å². The van der Waals surface area contributed by atoms with E-state index in [0.717, 1.165) is 24.4 Å². The highest BCUT2D eigenvalue weighted by Gasteiger charge is 2.44. The first-order chi connectivity index (χ1) is 9.33. The van der Waals surface area contributed by atoms with Crippen LogP contribution in [0.1, 0.15) is 62.7 Å². The zero-order valence-corrected chi connectivity index (χ0v) is 11.8. The van der Waals surface area contributed by atoms with E-state index in [0.29, 0.717) is 6.04 Å². The number of rotatable bonds is 1. The number of aromatic nitrogens is 2. The molecule has 2 fully saturated rings. The van der Waals surface area contributed by atoms with Crippen molar-refractivity contribution in [3.8, 4) is 0 Å². The van der Waals surface area contributed by atoms with Gasteiger partial charge in [0.1, 0.15) is 6.33 Å². The molecule has 3 aliphatic rings. The van der Waals surface area contributed by atoms with Crippen molar-refractivity contribution in [2.75, 3.05) is 0 Å². The van der Waals surface area contributed by atoms with Crippen LogP contribution in [0, 0.1) is 5.92 Å². The fourth-order valence-corrected chi connectivity index (χ4v) is 4.56. The molecule has 4 rings (SSSR count). The highest BCUT2D eigenvalue weighted by molar-refractivity contribution is 5.28. The van der Waals surface area contributed by atoms with Gasteiger partial charge in [-0.1, -0.05) is 6.92 Å². The average Bonchev–Trinajstić information content (AvgIpc) is 2.75. The Bertz CT molecular complexity index is 465. The van der Waals surface area contributed by atoms with Crippen molar-refractivity contribution >= 4 is 0 Å². The Morgan fingerprint density at radius 1 is 1.05 bits per heavy atom. The third-order valence-electron chi connectivity index (χ3n) is 5.58. The number of fused-ring (bicyclic) bond motifs is 4. The predicted molar refractivity (Wildman–Crippen MR) is 74.8 cm³/mol. The van der Waals surface area contributed by atoms with E-state index in [1.165, 1.54) is 49.8 Å². The lowest BCUT2D eigenvalue weighted by molar-refractivity contribution is 0.0771. The molecule has 0 aromatic carbocycles.